The van der Waals surface area contributed by atoms with Gasteiger partial charge in [-0.2, -0.15) is 8.42 Å². The summed E-state index contributed by atoms with van der Waals surface area (Å²) in [5.41, 5.74) is 1.82. The molecule has 0 aliphatic carbocycles. The number of ether oxygens (including phenoxy) is 3. The van der Waals surface area contributed by atoms with E-state index in [1.165, 1.54) is 0 Å². The molecule has 0 bridgehead atoms. The highest BCUT2D eigenvalue weighted by molar-refractivity contribution is 7.86. The van der Waals surface area contributed by atoms with Crippen molar-refractivity contribution in [1.82, 2.24) is 0 Å². The molecule has 0 N–H and O–H groups in total. The summed E-state index contributed by atoms with van der Waals surface area (Å²) in [7, 11) is -3.55. The Balaban J connectivity index is 1.78. The van der Waals surface area contributed by atoms with Gasteiger partial charge in [0.15, 0.2) is 6.10 Å². The van der Waals surface area contributed by atoms with Crippen molar-refractivity contribution >= 4 is 16.1 Å². The monoisotopic (exact) mass is 464 g/mol. The fraction of sp³-hybridized carbons (Fsp3) is 0.458. The maximum Gasteiger partial charge on any atom is 0.335 e. The minimum Gasteiger partial charge on any atom is -0.494 e. The zero-order chi connectivity index (χ0) is 23.4. The van der Waals surface area contributed by atoms with Gasteiger partial charge in [-0.25, -0.2) is 4.79 Å². The molecule has 8 heteroatoms. The molecule has 2 rings (SSSR count). The Hall–Kier alpha value is -2.58. The molecule has 0 heterocycles. The standard InChI is InChI=1S/C24H32O7S/c1-4-28-23(24(25)29-5-2)18-19-13-15-21(16-14-19)30-17-9-8-11-20-10-6-7-12-22(20)31-32(3,26)27/h6-7,10,12-16,23H,4-5,8-9,11,17-18H2,1-3H3. The second kappa shape index (κ2) is 13.1. The van der Waals surface area contributed by atoms with Crippen molar-refractivity contribution in [1.29, 1.82) is 0 Å². The lowest BCUT2D eigenvalue weighted by Crippen LogP contribution is -2.28. The summed E-state index contributed by atoms with van der Waals surface area (Å²) in [6, 6.07) is 14.7. The van der Waals surface area contributed by atoms with Crippen LogP contribution in [0.4, 0.5) is 0 Å². The summed E-state index contributed by atoms with van der Waals surface area (Å²) in [4.78, 5) is 12.0. The van der Waals surface area contributed by atoms with Crippen molar-refractivity contribution in [3.63, 3.8) is 0 Å². The first-order valence-corrected chi connectivity index (χ1v) is 12.6. The minimum atomic E-state index is -3.55. The van der Waals surface area contributed by atoms with E-state index in [1.807, 2.05) is 43.3 Å². The van der Waals surface area contributed by atoms with Crippen LogP contribution < -0.4 is 8.92 Å². The zero-order valence-electron chi connectivity index (χ0n) is 18.9. The summed E-state index contributed by atoms with van der Waals surface area (Å²) in [6.07, 6.45) is 3.21. The summed E-state index contributed by atoms with van der Waals surface area (Å²) in [5, 5.41) is 0. The lowest BCUT2D eigenvalue weighted by Gasteiger charge is -2.15. The van der Waals surface area contributed by atoms with E-state index in [0.717, 1.165) is 36.0 Å². The van der Waals surface area contributed by atoms with Crippen LogP contribution in [0.25, 0.3) is 0 Å². The van der Waals surface area contributed by atoms with Gasteiger partial charge < -0.3 is 18.4 Å². The van der Waals surface area contributed by atoms with E-state index >= 15 is 0 Å². The number of carbonyl (C=O) groups is 1. The van der Waals surface area contributed by atoms with Crippen LogP contribution in [-0.4, -0.2) is 46.6 Å². The van der Waals surface area contributed by atoms with Crippen LogP contribution in [0, 0.1) is 0 Å². The number of rotatable bonds is 14. The molecule has 1 atom stereocenters. The first-order chi connectivity index (χ1) is 15.3. The predicted molar refractivity (Wildman–Crippen MR) is 123 cm³/mol. The third-order valence-electron chi connectivity index (χ3n) is 4.58. The quantitative estimate of drug-likeness (QED) is 0.238. The molecule has 2 aromatic rings. The lowest BCUT2D eigenvalue weighted by molar-refractivity contribution is -0.156. The number of unbranched alkanes of at least 4 members (excludes halogenated alkanes) is 1. The third kappa shape index (κ3) is 9.28. The van der Waals surface area contributed by atoms with Crippen molar-refractivity contribution in [2.24, 2.45) is 0 Å². The van der Waals surface area contributed by atoms with Crippen LogP contribution in [-0.2, 0) is 37.2 Å². The second-order valence-electron chi connectivity index (χ2n) is 7.24. The van der Waals surface area contributed by atoms with E-state index in [-0.39, 0.29) is 5.97 Å². The molecule has 0 amide bonds. The predicted octanol–water partition coefficient (Wildman–Crippen LogP) is 3.94. The molecular weight excluding hydrogens is 432 g/mol. The molecule has 1 unspecified atom stereocenters. The van der Waals surface area contributed by atoms with Crippen LogP contribution in [0.2, 0.25) is 0 Å². The van der Waals surface area contributed by atoms with E-state index in [0.29, 0.717) is 38.4 Å². The Bertz CT molecular complexity index is 939. The average Bonchev–Trinajstić information content (AvgIpc) is 2.74. The first kappa shape index (κ1) is 25.7. The summed E-state index contributed by atoms with van der Waals surface area (Å²) in [6.45, 7) is 4.93. The maximum absolute atomic E-state index is 12.0. The zero-order valence-corrected chi connectivity index (χ0v) is 19.7. The van der Waals surface area contributed by atoms with Crippen molar-refractivity contribution in [2.75, 3.05) is 26.1 Å². The average molecular weight is 465 g/mol. The molecule has 7 nitrogen and oxygen atoms in total. The molecule has 0 aliphatic heterocycles. The van der Waals surface area contributed by atoms with E-state index in [2.05, 4.69) is 0 Å². The molecule has 0 saturated carbocycles. The molecule has 32 heavy (non-hydrogen) atoms. The summed E-state index contributed by atoms with van der Waals surface area (Å²) >= 11 is 0. The highest BCUT2D eigenvalue weighted by Gasteiger charge is 2.20. The van der Waals surface area contributed by atoms with E-state index < -0.39 is 16.2 Å². The molecule has 176 valence electrons. The SMILES string of the molecule is CCOC(=O)C(Cc1ccc(OCCCCc2ccccc2OS(C)(=O)=O)cc1)OCC. The van der Waals surface area contributed by atoms with E-state index in [1.54, 1.807) is 19.1 Å². The van der Waals surface area contributed by atoms with E-state index in [9.17, 15) is 13.2 Å². The van der Waals surface area contributed by atoms with Crippen molar-refractivity contribution in [3.8, 4) is 11.5 Å². The van der Waals surface area contributed by atoms with Gasteiger partial charge in [-0.3, -0.25) is 0 Å². The smallest absolute Gasteiger partial charge is 0.335 e. The number of benzene rings is 2. The fourth-order valence-electron chi connectivity index (χ4n) is 3.14. The van der Waals surface area contributed by atoms with Gasteiger partial charge in [0.1, 0.15) is 11.5 Å². The third-order valence-corrected chi connectivity index (χ3v) is 5.07. The number of aryl methyl sites for hydroxylation is 1. The first-order valence-electron chi connectivity index (χ1n) is 10.8. The van der Waals surface area contributed by atoms with Crippen LogP contribution in [0.5, 0.6) is 11.5 Å². The summed E-state index contributed by atoms with van der Waals surface area (Å²) in [5.74, 6) is 0.775. The van der Waals surface area contributed by atoms with Gasteiger partial charge in [-0.1, -0.05) is 30.3 Å². The number of para-hydroxylation sites is 1. The Labute approximate surface area is 190 Å². The Kier molecular flexibility index (Phi) is 10.5. The lowest BCUT2D eigenvalue weighted by atomic mass is 10.1. The topological polar surface area (TPSA) is 88.1 Å². The molecular formula is C24H32O7S. The number of esters is 1. The van der Waals surface area contributed by atoms with Gasteiger partial charge in [-0.05, 0) is 62.4 Å². The van der Waals surface area contributed by atoms with Gasteiger partial charge in [0.2, 0.25) is 0 Å². The number of hydrogen-bond donors (Lipinski definition) is 0. The highest BCUT2D eigenvalue weighted by atomic mass is 32.2. The minimum absolute atomic E-state index is 0.325. The number of hydrogen-bond acceptors (Lipinski definition) is 7. The van der Waals surface area contributed by atoms with Crippen LogP contribution in [0.3, 0.4) is 0 Å². The molecule has 2 aromatic carbocycles. The molecule has 0 fully saturated rings. The normalized spacial score (nSPS) is 12.2. The highest BCUT2D eigenvalue weighted by Crippen LogP contribution is 2.22. The van der Waals surface area contributed by atoms with Gasteiger partial charge >= 0.3 is 16.1 Å². The fourth-order valence-corrected chi connectivity index (χ4v) is 3.63. The molecule has 0 radical (unpaired) electrons. The van der Waals surface area contributed by atoms with Gasteiger partial charge in [0, 0.05) is 13.0 Å². The van der Waals surface area contributed by atoms with Gasteiger partial charge in [0.25, 0.3) is 0 Å². The largest absolute Gasteiger partial charge is 0.494 e. The molecule has 0 spiro atoms. The van der Waals surface area contributed by atoms with Crippen LogP contribution >= 0.6 is 0 Å². The second-order valence-corrected chi connectivity index (χ2v) is 8.82. The van der Waals surface area contributed by atoms with E-state index in [4.69, 9.17) is 18.4 Å². The molecule has 0 aromatic heterocycles. The number of carbonyl (C=O) groups excluding carboxylic acids is 1. The van der Waals surface area contributed by atoms with Crippen LogP contribution in [0.1, 0.15) is 37.8 Å². The Morgan fingerprint density at radius 1 is 0.969 bits per heavy atom. The van der Waals surface area contributed by atoms with Gasteiger partial charge in [-0.15, -0.1) is 0 Å². The van der Waals surface area contributed by atoms with Crippen molar-refractivity contribution in [2.45, 2.75) is 45.6 Å². The maximum atomic E-state index is 12.0. The Morgan fingerprint density at radius 3 is 2.34 bits per heavy atom. The van der Waals surface area contributed by atoms with Crippen molar-refractivity contribution < 1.29 is 31.6 Å². The molecule has 0 aliphatic rings. The van der Waals surface area contributed by atoms with Crippen LogP contribution in [0.15, 0.2) is 48.5 Å². The Morgan fingerprint density at radius 2 is 1.69 bits per heavy atom. The van der Waals surface area contributed by atoms with Crippen molar-refractivity contribution in [3.05, 3.63) is 59.7 Å². The van der Waals surface area contributed by atoms with Gasteiger partial charge in [0.05, 0.1) is 19.5 Å². The molecule has 0 saturated heterocycles. The summed E-state index contributed by atoms with van der Waals surface area (Å²) < 4.78 is 44.2.